The van der Waals surface area contributed by atoms with Gasteiger partial charge in [-0.1, -0.05) is 12.1 Å². The summed E-state index contributed by atoms with van der Waals surface area (Å²) < 4.78 is 55.4. The summed E-state index contributed by atoms with van der Waals surface area (Å²) in [5, 5.41) is 0. The van der Waals surface area contributed by atoms with Gasteiger partial charge in [-0.3, -0.25) is 0 Å². The lowest BCUT2D eigenvalue weighted by Crippen LogP contribution is -2.22. The summed E-state index contributed by atoms with van der Waals surface area (Å²) in [6, 6.07) is 9.33. The highest BCUT2D eigenvalue weighted by atomic mass is 32.2. The number of nitrogens with two attached hydrogens (primary N) is 1. The van der Waals surface area contributed by atoms with Crippen molar-refractivity contribution >= 4 is 21.1 Å². The molecule has 0 bridgehead atoms. The highest BCUT2D eigenvalue weighted by Gasteiger charge is 2.19. The topological polar surface area (TPSA) is 81.2 Å². The second-order valence-corrected chi connectivity index (χ2v) is 9.30. The van der Waals surface area contributed by atoms with Gasteiger partial charge in [0.15, 0.2) is 0 Å². The highest BCUT2D eigenvalue weighted by molar-refractivity contribution is 7.89. The highest BCUT2D eigenvalue weighted by Crippen LogP contribution is 2.28. The van der Waals surface area contributed by atoms with Crippen molar-refractivity contribution in [1.29, 1.82) is 0 Å². The molecular weight excluding hydrogens is 410 g/mol. The van der Waals surface area contributed by atoms with Crippen LogP contribution < -0.4 is 5.73 Å². The van der Waals surface area contributed by atoms with Gasteiger partial charge in [-0.2, -0.15) is 4.39 Å². The molecule has 0 aliphatic carbocycles. The molecule has 0 aliphatic rings. The molecule has 0 amide bonds. The smallest absolute Gasteiger partial charge is 0.242 e. The Morgan fingerprint density at radius 1 is 1.20 bits per heavy atom. The van der Waals surface area contributed by atoms with E-state index in [1.807, 2.05) is 6.92 Å². The molecular formula is C21H24F2N4O2S. The molecule has 0 saturated carbocycles. The van der Waals surface area contributed by atoms with Gasteiger partial charge in [0.2, 0.25) is 16.0 Å². The fraction of sp³-hybridized carbons (Fsp3) is 0.286. The largest absolute Gasteiger partial charge is 0.336 e. The van der Waals surface area contributed by atoms with Gasteiger partial charge < -0.3 is 10.3 Å². The normalized spacial score (nSPS) is 12.8. The number of aromatic nitrogens is 2. The van der Waals surface area contributed by atoms with Gasteiger partial charge in [-0.25, -0.2) is 22.1 Å². The number of hydrogen-bond donors (Lipinski definition) is 1. The lowest BCUT2D eigenvalue weighted by molar-refractivity contribution is 0.520. The lowest BCUT2D eigenvalue weighted by atomic mass is 10.0. The Kier molecular flexibility index (Phi) is 6.35. The number of benzene rings is 1. The van der Waals surface area contributed by atoms with Crippen LogP contribution in [0.15, 0.2) is 53.2 Å². The molecule has 6 nitrogen and oxygen atoms in total. The van der Waals surface area contributed by atoms with E-state index < -0.39 is 16.0 Å². The number of sulfonamides is 1. The summed E-state index contributed by atoms with van der Waals surface area (Å²) in [7, 11) is -0.576. The molecule has 160 valence electrons. The maximum absolute atomic E-state index is 14.1. The first-order valence-corrected chi connectivity index (χ1v) is 10.8. The zero-order valence-corrected chi connectivity index (χ0v) is 17.9. The summed E-state index contributed by atoms with van der Waals surface area (Å²) >= 11 is 0. The summed E-state index contributed by atoms with van der Waals surface area (Å²) in [5.74, 6) is -1.00. The fourth-order valence-electron chi connectivity index (χ4n) is 3.34. The third kappa shape index (κ3) is 4.28. The SMILES string of the molecule is Cc1c(Cc2ccc(S(=O)(=O)N(C)C)cc2)c2nc(F)ccc2n1C/C(F)=C/CN. The Morgan fingerprint density at radius 3 is 2.47 bits per heavy atom. The lowest BCUT2D eigenvalue weighted by Gasteiger charge is -2.12. The number of hydrogen-bond acceptors (Lipinski definition) is 4. The third-order valence-electron chi connectivity index (χ3n) is 4.99. The van der Waals surface area contributed by atoms with Gasteiger partial charge in [0.25, 0.3) is 0 Å². The van der Waals surface area contributed by atoms with Crippen molar-refractivity contribution in [3.8, 4) is 0 Å². The van der Waals surface area contributed by atoms with Crippen molar-refractivity contribution < 1.29 is 17.2 Å². The molecule has 2 heterocycles. The first-order valence-electron chi connectivity index (χ1n) is 9.35. The molecule has 0 spiro atoms. The van der Waals surface area contributed by atoms with E-state index in [0.29, 0.717) is 17.5 Å². The zero-order valence-electron chi connectivity index (χ0n) is 17.1. The monoisotopic (exact) mass is 434 g/mol. The van der Waals surface area contributed by atoms with E-state index in [0.717, 1.165) is 21.1 Å². The van der Waals surface area contributed by atoms with Crippen molar-refractivity contribution in [2.24, 2.45) is 5.73 Å². The predicted octanol–water partition coefficient (Wildman–Crippen LogP) is 3.14. The van der Waals surface area contributed by atoms with Crippen molar-refractivity contribution in [3.05, 3.63) is 71.1 Å². The molecule has 0 unspecified atom stereocenters. The summed E-state index contributed by atoms with van der Waals surface area (Å²) in [4.78, 5) is 4.22. The molecule has 0 saturated heterocycles. The van der Waals surface area contributed by atoms with E-state index in [1.165, 1.54) is 38.4 Å². The second kappa shape index (κ2) is 8.63. The van der Waals surface area contributed by atoms with Crippen molar-refractivity contribution in [3.63, 3.8) is 0 Å². The van der Waals surface area contributed by atoms with Crippen molar-refractivity contribution in [2.45, 2.75) is 24.8 Å². The van der Waals surface area contributed by atoms with Gasteiger partial charge in [-0.15, -0.1) is 0 Å². The molecule has 1 aromatic carbocycles. The summed E-state index contributed by atoms with van der Waals surface area (Å²) in [6.07, 6.45) is 1.70. The minimum atomic E-state index is -3.52. The molecule has 2 aromatic heterocycles. The maximum atomic E-state index is 14.1. The first kappa shape index (κ1) is 22.1. The molecule has 30 heavy (non-hydrogen) atoms. The van der Waals surface area contributed by atoms with E-state index in [1.54, 1.807) is 22.8 Å². The molecule has 0 fully saturated rings. The van der Waals surface area contributed by atoms with Gasteiger partial charge >= 0.3 is 0 Å². The van der Waals surface area contributed by atoms with Gasteiger partial charge in [0.1, 0.15) is 5.83 Å². The molecule has 0 aliphatic heterocycles. The van der Waals surface area contributed by atoms with Crippen LogP contribution in [0.25, 0.3) is 11.0 Å². The Bertz CT molecular complexity index is 1200. The van der Waals surface area contributed by atoms with Gasteiger partial charge in [-0.05, 0) is 42.8 Å². The van der Waals surface area contributed by atoms with Crippen LogP contribution in [0.2, 0.25) is 0 Å². The zero-order chi connectivity index (χ0) is 22.1. The Hall–Kier alpha value is -2.62. The van der Waals surface area contributed by atoms with Crippen LogP contribution >= 0.6 is 0 Å². The number of nitrogens with zero attached hydrogens (tertiary/aromatic N) is 3. The van der Waals surface area contributed by atoms with Crippen LogP contribution in [-0.2, 0) is 23.0 Å². The van der Waals surface area contributed by atoms with Crippen LogP contribution in [0.3, 0.4) is 0 Å². The quantitative estimate of drug-likeness (QED) is 0.580. The van der Waals surface area contributed by atoms with E-state index in [2.05, 4.69) is 4.98 Å². The number of allylic oxidation sites excluding steroid dienone is 1. The van der Waals surface area contributed by atoms with Crippen LogP contribution in [-0.4, -0.2) is 42.9 Å². The Balaban J connectivity index is 2.03. The number of rotatable bonds is 7. The van der Waals surface area contributed by atoms with Crippen LogP contribution in [0.4, 0.5) is 8.78 Å². The van der Waals surface area contributed by atoms with Crippen LogP contribution in [0, 0.1) is 12.9 Å². The molecule has 0 radical (unpaired) electrons. The Morgan fingerprint density at radius 2 is 1.87 bits per heavy atom. The average molecular weight is 435 g/mol. The van der Waals surface area contributed by atoms with Crippen LogP contribution in [0.5, 0.6) is 0 Å². The Labute approximate surface area is 174 Å². The van der Waals surface area contributed by atoms with Gasteiger partial charge in [0.05, 0.1) is 22.5 Å². The molecule has 0 atom stereocenters. The standard InChI is InChI=1S/C21H24F2N4O2S/c1-14-18(12-15-4-6-17(7-5-15)30(28,29)26(2)3)21-19(8-9-20(23)25-21)27(14)13-16(22)10-11-24/h4-10H,11-13,24H2,1-3H3/b16-10-. The molecule has 3 aromatic rings. The van der Waals surface area contributed by atoms with E-state index >= 15 is 0 Å². The number of pyridine rings is 1. The van der Waals surface area contributed by atoms with Crippen molar-refractivity contribution in [2.75, 3.05) is 20.6 Å². The molecule has 3 rings (SSSR count). The fourth-order valence-corrected chi connectivity index (χ4v) is 4.24. The van der Waals surface area contributed by atoms with E-state index in [9.17, 15) is 17.2 Å². The molecule has 9 heteroatoms. The minimum Gasteiger partial charge on any atom is -0.336 e. The second-order valence-electron chi connectivity index (χ2n) is 7.15. The van der Waals surface area contributed by atoms with Crippen molar-refractivity contribution in [1.82, 2.24) is 13.9 Å². The van der Waals surface area contributed by atoms with E-state index in [4.69, 9.17) is 5.73 Å². The minimum absolute atomic E-state index is 0.0210. The maximum Gasteiger partial charge on any atom is 0.242 e. The number of halogens is 2. The van der Waals surface area contributed by atoms with Gasteiger partial charge in [0, 0.05) is 38.3 Å². The third-order valence-corrected chi connectivity index (χ3v) is 6.82. The van der Waals surface area contributed by atoms with E-state index in [-0.39, 0.29) is 23.8 Å². The summed E-state index contributed by atoms with van der Waals surface area (Å²) in [5.41, 5.74) is 8.82. The summed E-state index contributed by atoms with van der Waals surface area (Å²) in [6.45, 7) is 1.90. The predicted molar refractivity (Wildman–Crippen MR) is 113 cm³/mol. The first-order chi connectivity index (χ1) is 14.1. The molecule has 2 N–H and O–H groups in total. The number of fused-ring (bicyclic) bond motifs is 1. The average Bonchev–Trinajstić information content (AvgIpc) is 2.93. The van der Waals surface area contributed by atoms with Crippen LogP contribution in [0.1, 0.15) is 16.8 Å².